The Kier molecular flexibility index (Phi) is 6.11. The molecule has 0 aliphatic carbocycles. The number of piperidine rings is 1. The molecule has 2 aliphatic rings. The normalized spacial score (nSPS) is 19.5. The van der Waals surface area contributed by atoms with E-state index in [-0.39, 0.29) is 11.8 Å². The molecule has 0 saturated carbocycles. The highest BCUT2D eigenvalue weighted by atomic mass is 16.2. The Balaban J connectivity index is 1.47. The number of pyridine rings is 1. The summed E-state index contributed by atoms with van der Waals surface area (Å²) in [5.74, 6) is 3.47. The molecule has 0 aromatic carbocycles. The summed E-state index contributed by atoms with van der Waals surface area (Å²) >= 11 is 0. The first-order valence-electron chi connectivity index (χ1n) is 11.1. The van der Waals surface area contributed by atoms with Crippen LogP contribution in [0.4, 0.5) is 5.82 Å². The molecule has 7 nitrogen and oxygen atoms in total. The van der Waals surface area contributed by atoms with Gasteiger partial charge in [-0.15, -0.1) is 10.2 Å². The van der Waals surface area contributed by atoms with Gasteiger partial charge in [0.2, 0.25) is 0 Å². The molecule has 7 heteroatoms. The topological polar surface area (TPSA) is 67.2 Å². The van der Waals surface area contributed by atoms with Crippen LogP contribution < -0.4 is 4.90 Å². The van der Waals surface area contributed by atoms with E-state index in [9.17, 15) is 4.79 Å². The lowest BCUT2D eigenvalue weighted by Crippen LogP contribution is -2.40. The minimum absolute atomic E-state index is 0.0731. The van der Waals surface area contributed by atoms with E-state index in [1.807, 2.05) is 17.0 Å². The Bertz CT molecular complexity index is 826. The van der Waals surface area contributed by atoms with Crippen LogP contribution in [0.25, 0.3) is 0 Å². The summed E-state index contributed by atoms with van der Waals surface area (Å²) in [5, 5.41) is 8.99. The Hall–Kier alpha value is -2.44. The van der Waals surface area contributed by atoms with Crippen LogP contribution in [-0.2, 0) is 13.0 Å². The van der Waals surface area contributed by atoms with Gasteiger partial charge in [-0.25, -0.2) is 4.98 Å². The van der Waals surface area contributed by atoms with E-state index in [1.165, 1.54) is 19.3 Å². The second-order valence-corrected chi connectivity index (χ2v) is 8.10. The van der Waals surface area contributed by atoms with Gasteiger partial charge in [-0.2, -0.15) is 0 Å². The van der Waals surface area contributed by atoms with Crippen LogP contribution in [0.5, 0.6) is 0 Å². The number of hydrogen-bond donors (Lipinski definition) is 0. The number of aryl methyl sites for hydroxylation is 1. The molecule has 1 atom stereocenters. The fourth-order valence-corrected chi connectivity index (χ4v) is 4.61. The molecule has 1 fully saturated rings. The zero-order chi connectivity index (χ0) is 20.2. The van der Waals surface area contributed by atoms with Crippen LogP contribution in [0.15, 0.2) is 18.3 Å². The van der Waals surface area contributed by atoms with Crippen molar-refractivity contribution in [2.75, 3.05) is 31.1 Å². The number of carbonyl (C=O) groups excluding carboxylic acids is 1. The second kappa shape index (κ2) is 8.93. The third-order valence-electron chi connectivity index (χ3n) is 6.29. The molecule has 1 amide bonds. The molecule has 2 aliphatic heterocycles. The van der Waals surface area contributed by atoms with Crippen LogP contribution >= 0.6 is 0 Å². The summed E-state index contributed by atoms with van der Waals surface area (Å²) in [6.45, 7) is 8.58. The highest BCUT2D eigenvalue weighted by Gasteiger charge is 2.30. The quantitative estimate of drug-likeness (QED) is 0.776. The fourth-order valence-electron chi connectivity index (χ4n) is 4.61. The Labute approximate surface area is 173 Å². The first-order chi connectivity index (χ1) is 14.2. The van der Waals surface area contributed by atoms with Gasteiger partial charge in [-0.1, -0.05) is 6.42 Å². The predicted octanol–water partition coefficient (Wildman–Crippen LogP) is 3.27. The average Bonchev–Trinajstić information content (AvgIpc) is 3.03. The zero-order valence-corrected chi connectivity index (χ0v) is 17.7. The van der Waals surface area contributed by atoms with Crippen molar-refractivity contribution in [2.24, 2.45) is 0 Å². The number of likely N-dealkylation sites (tertiary alicyclic amines) is 1. The molecule has 2 aromatic heterocycles. The molecular weight excluding hydrogens is 364 g/mol. The summed E-state index contributed by atoms with van der Waals surface area (Å²) in [4.78, 5) is 21.8. The highest BCUT2D eigenvalue weighted by Crippen LogP contribution is 2.28. The average molecular weight is 397 g/mol. The van der Waals surface area contributed by atoms with Gasteiger partial charge in [0.25, 0.3) is 5.91 Å². The van der Waals surface area contributed by atoms with Gasteiger partial charge in [0.1, 0.15) is 17.5 Å². The van der Waals surface area contributed by atoms with Crippen LogP contribution in [0.3, 0.4) is 0 Å². The number of amides is 1. The van der Waals surface area contributed by atoms with Gasteiger partial charge in [-0.05, 0) is 51.7 Å². The summed E-state index contributed by atoms with van der Waals surface area (Å²) in [5.41, 5.74) is 0.668. The standard InChI is InChI=1S/C22H32N6O/c1-3-26(4-2)19-12-11-17(15-23-19)22(29)27-13-8-9-18(16-27)21-25-24-20-10-6-5-7-14-28(20)21/h11-12,15,18H,3-10,13-14,16H2,1-2H3. The summed E-state index contributed by atoms with van der Waals surface area (Å²) in [6.07, 6.45) is 8.47. The smallest absolute Gasteiger partial charge is 0.255 e. The van der Waals surface area contributed by atoms with Gasteiger partial charge in [0, 0.05) is 51.3 Å². The molecule has 0 bridgehead atoms. The van der Waals surface area contributed by atoms with Crippen molar-refractivity contribution >= 4 is 11.7 Å². The minimum Gasteiger partial charge on any atom is -0.357 e. The molecule has 29 heavy (non-hydrogen) atoms. The van der Waals surface area contributed by atoms with Crippen molar-refractivity contribution in [3.63, 3.8) is 0 Å². The number of hydrogen-bond acceptors (Lipinski definition) is 5. The van der Waals surface area contributed by atoms with Crippen molar-refractivity contribution in [1.82, 2.24) is 24.6 Å². The molecule has 4 heterocycles. The fraction of sp³-hybridized carbons (Fsp3) is 0.636. The number of fused-ring (bicyclic) bond motifs is 1. The van der Waals surface area contributed by atoms with E-state index < -0.39 is 0 Å². The number of aromatic nitrogens is 4. The number of rotatable bonds is 5. The van der Waals surface area contributed by atoms with Gasteiger partial charge < -0.3 is 14.4 Å². The molecule has 156 valence electrons. The van der Waals surface area contributed by atoms with E-state index in [0.717, 1.165) is 69.5 Å². The van der Waals surface area contributed by atoms with Crippen molar-refractivity contribution in [1.29, 1.82) is 0 Å². The summed E-state index contributed by atoms with van der Waals surface area (Å²) in [6, 6.07) is 3.87. The predicted molar refractivity (Wildman–Crippen MR) is 113 cm³/mol. The van der Waals surface area contributed by atoms with Crippen molar-refractivity contribution < 1.29 is 4.79 Å². The van der Waals surface area contributed by atoms with Crippen molar-refractivity contribution in [3.05, 3.63) is 35.5 Å². The maximum absolute atomic E-state index is 13.1. The van der Waals surface area contributed by atoms with Gasteiger partial charge in [0.15, 0.2) is 0 Å². The number of anilines is 1. The Morgan fingerprint density at radius 3 is 2.72 bits per heavy atom. The SMILES string of the molecule is CCN(CC)c1ccc(C(=O)N2CCCC(c3nnc4n3CCCCC4)C2)cn1. The Morgan fingerprint density at radius 1 is 1.10 bits per heavy atom. The Morgan fingerprint density at radius 2 is 1.97 bits per heavy atom. The molecule has 4 rings (SSSR count). The molecule has 0 radical (unpaired) electrons. The van der Waals surface area contributed by atoms with Crippen LogP contribution in [0.1, 0.15) is 73.9 Å². The van der Waals surface area contributed by atoms with Crippen molar-refractivity contribution in [3.8, 4) is 0 Å². The number of carbonyl (C=O) groups is 1. The molecule has 0 spiro atoms. The molecule has 1 unspecified atom stereocenters. The summed E-state index contributed by atoms with van der Waals surface area (Å²) < 4.78 is 2.33. The lowest BCUT2D eigenvalue weighted by molar-refractivity contribution is 0.0702. The second-order valence-electron chi connectivity index (χ2n) is 8.10. The molecule has 0 N–H and O–H groups in total. The zero-order valence-electron chi connectivity index (χ0n) is 17.7. The lowest BCUT2D eigenvalue weighted by Gasteiger charge is -2.32. The van der Waals surface area contributed by atoms with E-state index in [1.54, 1.807) is 6.20 Å². The van der Waals surface area contributed by atoms with E-state index >= 15 is 0 Å². The summed E-state index contributed by atoms with van der Waals surface area (Å²) in [7, 11) is 0. The third kappa shape index (κ3) is 4.14. The molecular formula is C22H32N6O. The third-order valence-corrected chi connectivity index (χ3v) is 6.29. The lowest BCUT2D eigenvalue weighted by atomic mass is 9.96. The van der Waals surface area contributed by atoms with E-state index in [4.69, 9.17) is 0 Å². The molecule has 1 saturated heterocycles. The van der Waals surface area contributed by atoms with Gasteiger partial charge >= 0.3 is 0 Å². The first kappa shape index (κ1) is 19.9. The van der Waals surface area contributed by atoms with E-state index in [0.29, 0.717) is 5.56 Å². The number of nitrogens with zero attached hydrogens (tertiary/aromatic N) is 6. The monoisotopic (exact) mass is 396 g/mol. The van der Waals surface area contributed by atoms with E-state index in [2.05, 4.69) is 38.5 Å². The van der Waals surface area contributed by atoms with Gasteiger partial charge in [0.05, 0.1) is 5.56 Å². The van der Waals surface area contributed by atoms with Crippen LogP contribution in [-0.4, -0.2) is 56.7 Å². The highest BCUT2D eigenvalue weighted by molar-refractivity contribution is 5.94. The van der Waals surface area contributed by atoms with Crippen LogP contribution in [0, 0.1) is 0 Å². The van der Waals surface area contributed by atoms with Crippen LogP contribution in [0.2, 0.25) is 0 Å². The largest absolute Gasteiger partial charge is 0.357 e. The first-order valence-corrected chi connectivity index (χ1v) is 11.1. The maximum atomic E-state index is 13.1. The van der Waals surface area contributed by atoms with Crippen molar-refractivity contribution in [2.45, 2.75) is 64.8 Å². The molecule has 2 aromatic rings. The minimum atomic E-state index is 0.0731. The maximum Gasteiger partial charge on any atom is 0.255 e. The van der Waals surface area contributed by atoms with Gasteiger partial charge in [-0.3, -0.25) is 4.79 Å².